The van der Waals surface area contributed by atoms with E-state index in [0.717, 1.165) is 5.56 Å². The van der Waals surface area contributed by atoms with Crippen LogP contribution < -0.4 is 14.8 Å². The van der Waals surface area contributed by atoms with Gasteiger partial charge in [-0.05, 0) is 62.6 Å². The van der Waals surface area contributed by atoms with Crippen LogP contribution in [0.5, 0.6) is 11.5 Å². The molecule has 1 saturated heterocycles. The highest BCUT2D eigenvalue weighted by molar-refractivity contribution is 7.89. The molecular weight excluding hydrogens is 404 g/mol. The van der Waals surface area contributed by atoms with Crippen LogP contribution >= 0.6 is 0 Å². The first kappa shape index (κ1) is 22.1. The lowest BCUT2D eigenvalue weighted by Gasteiger charge is -2.31. The summed E-state index contributed by atoms with van der Waals surface area (Å²) in [4.78, 5) is 13.0. The van der Waals surface area contributed by atoms with Gasteiger partial charge in [0.05, 0.1) is 24.5 Å². The molecule has 0 spiro atoms. The van der Waals surface area contributed by atoms with Crippen LogP contribution in [-0.4, -0.2) is 45.4 Å². The number of carbonyl (C=O) groups excluding carboxylic acids is 1. The third-order valence-electron chi connectivity index (χ3n) is 5.18. The van der Waals surface area contributed by atoms with Crippen molar-refractivity contribution in [3.05, 3.63) is 48.0 Å². The lowest BCUT2D eigenvalue weighted by atomic mass is 9.98. The molecule has 0 aliphatic carbocycles. The zero-order valence-electron chi connectivity index (χ0n) is 17.6. The molecule has 3 rings (SSSR count). The van der Waals surface area contributed by atoms with Crippen LogP contribution in [0.2, 0.25) is 0 Å². The van der Waals surface area contributed by atoms with E-state index < -0.39 is 15.9 Å². The van der Waals surface area contributed by atoms with E-state index in [4.69, 9.17) is 9.47 Å². The van der Waals surface area contributed by atoms with Crippen LogP contribution in [-0.2, 0) is 14.8 Å². The van der Waals surface area contributed by atoms with Gasteiger partial charge >= 0.3 is 0 Å². The number of ether oxygens (including phenoxy) is 2. The monoisotopic (exact) mass is 432 g/mol. The van der Waals surface area contributed by atoms with E-state index in [1.807, 2.05) is 13.8 Å². The number of nitrogens with one attached hydrogen (secondary N) is 1. The summed E-state index contributed by atoms with van der Waals surface area (Å²) in [6.45, 7) is 4.78. The fourth-order valence-electron chi connectivity index (χ4n) is 3.57. The largest absolute Gasteiger partial charge is 0.497 e. The number of anilines is 1. The molecule has 1 amide bonds. The molecule has 1 atom stereocenters. The Morgan fingerprint density at radius 1 is 1.23 bits per heavy atom. The van der Waals surface area contributed by atoms with Gasteiger partial charge in [0, 0.05) is 24.8 Å². The van der Waals surface area contributed by atoms with Crippen molar-refractivity contribution in [2.45, 2.75) is 31.6 Å². The first-order valence-electron chi connectivity index (χ1n) is 10.0. The molecule has 7 nitrogen and oxygen atoms in total. The number of methoxy groups -OCH3 is 1. The quantitative estimate of drug-likeness (QED) is 0.724. The van der Waals surface area contributed by atoms with E-state index in [9.17, 15) is 13.2 Å². The van der Waals surface area contributed by atoms with Gasteiger partial charge in [-0.25, -0.2) is 8.42 Å². The summed E-state index contributed by atoms with van der Waals surface area (Å²) in [5.74, 6) is 0.715. The summed E-state index contributed by atoms with van der Waals surface area (Å²) in [5, 5.41) is 2.87. The standard InChI is InChI=1S/C22H28N2O5S/c1-4-29-21-11-10-20(13-16(21)2)30(26,27)24-12-6-7-17(15-24)22(25)23-18-8-5-9-19(14-18)28-3/h5,8-11,13-14,17H,4,6-7,12,15H2,1-3H3,(H,23,25)/t17-/m1/s1. The molecule has 0 unspecified atom stereocenters. The van der Waals surface area contributed by atoms with Gasteiger partial charge in [0.25, 0.3) is 0 Å². The van der Waals surface area contributed by atoms with Crippen molar-refractivity contribution in [2.24, 2.45) is 5.92 Å². The Bertz CT molecular complexity index is 1010. The summed E-state index contributed by atoms with van der Waals surface area (Å²) < 4.78 is 38.4. The number of piperidine rings is 1. The molecule has 1 N–H and O–H groups in total. The highest BCUT2D eigenvalue weighted by atomic mass is 32.2. The highest BCUT2D eigenvalue weighted by Crippen LogP contribution is 2.28. The van der Waals surface area contributed by atoms with Crippen molar-refractivity contribution in [1.82, 2.24) is 4.31 Å². The van der Waals surface area contributed by atoms with Gasteiger partial charge in [-0.15, -0.1) is 0 Å². The minimum Gasteiger partial charge on any atom is -0.497 e. The van der Waals surface area contributed by atoms with E-state index in [0.29, 0.717) is 43.2 Å². The van der Waals surface area contributed by atoms with Gasteiger partial charge < -0.3 is 14.8 Å². The van der Waals surface area contributed by atoms with Crippen molar-refractivity contribution in [3.63, 3.8) is 0 Å². The molecule has 1 aliphatic heterocycles. The van der Waals surface area contributed by atoms with Crippen molar-refractivity contribution >= 4 is 21.6 Å². The molecule has 30 heavy (non-hydrogen) atoms. The molecule has 162 valence electrons. The number of carbonyl (C=O) groups is 1. The normalized spacial score (nSPS) is 17.4. The van der Waals surface area contributed by atoms with E-state index in [1.54, 1.807) is 49.6 Å². The first-order valence-corrected chi connectivity index (χ1v) is 11.5. The van der Waals surface area contributed by atoms with Gasteiger partial charge in [-0.3, -0.25) is 4.79 Å². The zero-order chi connectivity index (χ0) is 21.7. The van der Waals surface area contributed by atoms with Gasteiger partial charge in [-0.1, -0.05) is 6.07 Å². The lowest BCUT2D eigenvalue weighted by molar-refractivity contribution is -0.120. The van der Waals surface area contributed by atoms with Crippen molar-refractivity contribution in [2.75, 3.05) is 32.1 Å². The fraction of sp³-hybridized carbons (Fsp3) is 0.409. The van der Waals surface area contributed by atoms with Crippen LogP contribution in [0.1, 0.15) is 25.3 Å². The number of rotatable bonds is 7. The highest BCUT2D eigenvalue weighted by Gasteiger charge is 2.33. The topological polar surface area (TPSA) is 84.9 Å². The second-order valence-corrected chi connectivity index (χ2v) is 9.22. The van der Waals surface area contributed by atoms with Crippen molar-refractivity contribution < 1.29 is 22.7 Å². The Balaban J connectivity index is 1.73. The average molecular weight is 433 g/mol. The number of hydrogen-bond donors (Lipinski definition) is 1. The average Bonchev–Trinajstić information content (AvgIpc) is 2.75. The van der Waals surface area contributed by atoms with Crippen LogP contribution in [0.25, 0.3) is 0 Å². The number of aryl methyl sites for hydroxylation is 1. The van der Waals surface area contributed by atoms with Crippen molar-refractivity contribution in [1.29, 1.82) is 0 Å². The second kappa shape index (κ2) is 9.49. The molecule has 8 heteroatoms. The van der Waals surface area contributed by atoms with Crippen LogP contribution in [0.4, 0.5) is 5.69 Å². The van der Waals surface area contributed by atoms with Gasteiger partial charge in [0.2, 0.25) is 15.9 Å². The molecule has 0 radical (unpaired) electrons. The van der Waals surface area contributed by atoms with E-state index in [1.165, 1.54) is 4.31 Å². The minimum absolute atomic E-state index is 0.157. The Morgan fingerprint density at radius 2 is 2.03 bits per heavy atom. The number of amides is 1. The Labute approximate surface area is 178 Å². The number of benzene rings is 2. The molecule has 0 bridgehead atoms. The maximum Gasteiger partial charge on any atom is 0.243 e. The predicted molar refractivity (Wildman–Crippen MR) is 115 cm³/mol. The summed E-state index contributed by atoms with van der Waals surface area (Å²) in [6.07, 6.45) is 1.27. The summed E-state index contributed by atoms with van der Waals surface area (Å²) in [6, 6.07) is 12.0. The lowest BCUT2D eigenvalue weighted by Crippen LogP contribution is -2.43. The molecule has 1 fully saturated rings. The summed E-state index contributed by atoms with van der Waals surface area (Å²) in [5.41, 5.74) is 1.39. The second-order valence-electron chi connectivity index (χ2n) is 7.28. The summed E-state index contributed by atoms with van der Waals surface area (Å²) in [7, 11) is -2.13. The number of nitrogens with zero attached hydrogens (tertiary/aromatic N) is 1. The number of hydrogen-bond acceptors (Lipinski definition) is 5. The van der Waals surface area contributed by atoms with Gasteiger partial charge in [0.1, 0.15) is 11.5 Å². The Morgan fingerprint density at radius 3 is 2.73 bits per heavy atom. The van der Waals surface area contributed by atoms with E-state index in [-0.39, 0.29) is 17.3 Å². The summed E-state index contributed by atoms with van der Waals surface area (Å²) >= 11 is 0. The van der Waals surface area contributed by atoms with Crippen molar-refractivity contribution in [3.8, 4) is 11.5 Å². The maximum atomic E-state index is 13.2. The van der Waals surface area contributed by atoms with Crippen LogP contribution in [0.3, 0.4) is 0 Å². The van der Waals surface area contributed by atoms with E-state index in [2.05, 4.69) is 5.32 Å². The van der Waals surface area contributed by atoms with Gasteiger partial charge in [0.15, 0.2) is 0 Å². The third-order valence-corrected chi connectivity index (χ3v) is 7.04. The molecular formula is C22H28N2O5S. The fourth-order valence-corrected chi connectivity index (χ4v) is 5.18. The first-order chi connectivity index (χ1) is 14.3. The zero-order valence-corrected chi connectivity index (χ0v) is 18.4. The SMILES string of the molecule is CCOc1ccc(S(=O)(=O)N2CCC[C@@H](C(=O)Nc3cccc(OC)c3)C2)cc1C. The minimum atomic E-state index is -3.69. The molecule has 2 aromatic rings. The maximum absolute atomic E-state index is 13.2. The predicted octanol–water partition coefficient (Wildman–Crippen LogP) is 3.44. The third kappa shape index (κ3) is 4.94. The van der Waals surface area contributed by atoms with E-state index >= 15 is 0 Å². The van der Waals surface area contributed by atoms with Gasteiger partial charge in [-0.2, -0.15) is 4.31 Å². The molecule has 0 saturated carbocycles. The van der Waals surface area contributed by atoms with Crippen LogP contribution in [0.15, 0.2) is 47.4 Å². The Kier molecular flexibility index (Phi) is 6.99. The van der Waals surface area contributed by atoms with Crippen LogP contribution in [0, 0.1) is 12.8 Å². The molecule has 1 heterocycles. The molecule has 1 aliphatic rings. The molecule has 0 aromatic heterocycles. The number of sulfonamides is 1. The smallest absolute Gasteiger partial charge is 0.243 e. The Hall–Kier alpha value is -2.58. The molecule has 2 aromatic carbocycles.